The molecule has 0 heterocycles. The molecule has 156 valence electrons. The third-order valence-electron chi connectivity index (χ3n) is 4.04. The topological polar surface area (TPSA) is 56.8 Å². The van der Waals surface area contributed by atoms with Gasteiger partial charge >= 0.3 is 0 Å². The molecule has 0 saturated carbocycles. The fourth-order valence-corrected chi connectivity index (χ4v) is 2.46. The Labute approximate surface area is 161 Å². The highest BCUT2D eigenvalue weighted by Crippen LogP contribution is 2.07. The van der Waals surface area contributed by atoms with E-state index in [9.17, 15) is 4.79 Å². The van der Waals surface area contributed by atoms with Crippen LogP contribution in [0.15, 0.2) is 0 Å². The van der Waals surface area contributed by atoms with Crippen LogP contribution in [-0.2, 0) is 19.0 Å². The van der Waals surface area contributed by atoms with E-state index in [1.165, 1.54) is 12.8 Å². The maximum atomic E-state index is 11.6. The Hall–Kier alpha value is -0.650. The number of hydrogen-bond donors (Lipinski definition) is 1. The lowest BCUT2D eigenvalue weighted by Gasteiger charge is -2.08. The summed E-state index contributed by atoms with van der Waals surface area (Å²) in [5.74, 6) is 1.63. The molecule has 5 heteroatoms. The predicted octanol–water partition coefficient (Wildman–Crippen LogP) is 4.20. The molecule has 0 aliphatic heterocycles. The largest absolute Gasteiger partial charge is 0.379 e. The lowest BCUT2D eigenvalue weighted by Crippen LogP contribution is -2.25. The second kappa shape index (κ2) is 19.1. The van der Waals surface area contributed by atoms with E-state index in [0.29, 0.717) is 46.0 Å². The number of hydrogen-bond acceptors (Lipinski definition) is 4. The summed E-state index contributed by atoms with van der Waals surface area (Å²) >= 11 is 0. The van der Waals surface area contributed by atoms with Gasteiger partial charge in [0.05, 0.1) is 26.4 Å². The molecule has 0 rings (SSSR count). The van der Waals surface area contributed by atoms with Gasteiger partial charge in [0.2, 0.25) is 5.91 Å². The molecule has 0 aliphatic carbocycles. The standard InChI is InChI=1S/C21H43NO4/c1-19(2)9-5-6-11-21(23)22-12-8-14-25-16-18-26-17-15-24-13-7-10-20(3)4/h19-20H,5-18H2,1-4H3,(H,22,23). The highest BCUT2D eigenvalue weighted by Gasteiger charge is 2.01. The van der Waals surface area contributed by atoms with Crippen molar-refractivity contribution in [2.75, 3.05) is 46.2 Å². The number of amides is 1. The number of carbonyl (C=O) groups excluding carboxylic acids is 1. The van der Waals surface area contributed by atoms with Crippen molar-refractivity contribution < 1.29 is 19.0 Å². The van der Waals surface area contributed by atoms with E-state index in [1.807, 2.05) is 0 Å². The normalized spacial score (nSPS) is 11.5. The first-order valence-corrected chi connectivity index (χ1v) is 10.5. The highest BCUT2D eigenvalue weighted by atomic mass is 16.5. The molecule has 26 heavy (non-hydrogen) atoms. The lowest BCUT2D eigenvalue weighted by molar-refractivity contribution is -0.121. The lowest BCUT2D eigenvalue weighted by atomic mass is 10.1. The van der Waals surface area contributed by atoms with Crippen LogP contribution in [0.5, 0.6) is 0 Å². The maximum absolute atomic E-state index is 11.6. The van der Waals surface area contributed by atoms with E-state index in [2.05, 4.69) is 33.0 Å². The first-order chi connectivity index (χ1) is 12.5. The zero-order chi connectivity index (χ0) is 19.5. The Morgan fingerprint density at radius 2 is 1.19 bits per heavy atom. The Kier molecular flexibility index (Phi) is 18.6. The zero-order valence-corrected chi connectivity index (χ0v) is 17.7. The van der Waals surface area contributed by atoms with Gasteiger partial charge < -0.3 is 19.5 Å². The molecular formula is C21H43NO4. The summed E-state index contributed by atoms with van der Waals surface area (Å²) in [5, 5.41) is 2.95. The summed E-state index contributed by atoms with van der Waals surface area (Å²) in [6.45, 7) is 13.5. The number of rotatable bonds is 19. The second-order valence-corrected chi connectivity index (χ2v) is 7.72. The van der Waals surface area contributed by atoms with Crippen molar-refractivity contribution in [3.63, 3.8) is 0 Å². The van der Waals surface area contributed by atoms with E-state index in [0.717, 1.165) is 44.1 Å². The molecule has 0 unspecified atom stereocenters. The summed E-state index contributed by atoms with van der Waals surface area (Å²) < 4.78 is 16.5. The summed E-state index contributed by atoms with van der Waals surface area (Å²) in [7, 11) is 0. The van der Waals surface area contributed by atoms with Crippen LogP contribution in [0.4, 0.5) is 0 Å². The minimum Gasteiger partial charge on any atom is -0.379 e. The smallest absolute Gasteiger partial charge is 0.219 e. The van der Waals surface area contributed by atoms with Crippen LogP contribution >= 0.6 is 0 Å². The van der Waals surface area contributed by atoms with E-state index in [-0.39, 0.29) is 5.91 Å². The maximum Gasteiger partial charge on any atom is 0.219 e. The molecule has 0 aromatic heterocycles. The third kappa shape index (κ3) is 21.4. The van der Waals surface area contributed by atoms with E-state index >= 15 is 0 Å². The molecule has 0 saturated heterocycles. The van der Waals surface area contributed by atoms with Crippen LogP contribution in [0.2, 0.25) is 0 Å². The Morgan fingerprint density at radius 3 is 1.77 bits per heavy atom. The van der Waals surface area contributed by atoms with Crippen molar-refractivity contribution in [1.29, 1.82) is 0 Å². The van der Waals surface area contributed by atoms with E-state index in [4.69, 9.17) is 14.2 Å². The van der Waals surface area contributed by atoms with Crippen LogP contribution in [0.1, 0.15) is 72.6 Å². The third-order valence-corrected chi connectivity index (χ3v) is 4.04. The van der Waals surface area contributed by atoms with Gasteiger partial charge in [-0.05, 0) is 37.5 Å². The fourth-order valence-electron chi connectivity index (χ4n) is 2.46. The average molecular weight is 374 g/mol. The molecule has 0 fully saturated rings. The van der Waals surface area contributed by atoms with Gasteiger partial charge in [0.15, 0.2) is 0 Å². The second-order valence-electron chi connectivity index (χ2n) is 7.72. The summed E-state index contributed by atoms with van der Waals surface area (Å²) in [6, 6.07) is 0. The van der Waals surface area contributed by atoms with Gasteiger partial charge in [-0.2, -0.15) is 0 Å². The minimum absolute atomic E-state index is 0.158. The van der Waals surface area contributed by atoms with Crippen molar-refractivity contribution in [3.8, 4) is 0 Å². The predicted molar refractivity (Wildman–Crippen MR) is 107 cm³/mol. The molecule has 0 spiro atoms. The Balaban J connectivity index is 3.14. The molecule has 5 nitrogen and oxygen atoms in total. The molecule has 1 amide bonds. The molecule has 0 bridgehead atoms. The van der Waals surface area contributed by atoms with Gasteiger partial charge in [-0.1, -0.05) is 40.5 Å². The van der Waals surface area contributed by atoms with Gasteiger partial charge in [-0.25, -0.2) is 0 Å². The van der Waals surface area contributed by atoms with Crippen molar-refractivity contribution in [2.45, 2.75) is 72.6 Å². The van der Waals surface area contributed by atoms with Crippen LogP contribution < -0.4 is 5.32 Å². The van der Waals surface area contributed by atoms with Crippen LogP contribution in [0.3, 0.4) is 0 Å². The number of carbonyl (C=O) groups is 1. The van der Waals surface area contributed by atoms with Crippen LogP contribution in [0.25, 0.3) is 0 Å². The van der Waals surface area contributed by atoms with E-state index in [1.54, 1.807) is 0 Å². The molecule has 0 aliphatic rings. The van der Waals surface area contributed by atoms with Crippen molar-refractivity contribution in [3.05, 3.63) is 0 Å². The van der Waals surface area contributed by atoms with Gasteiger partial charge in [-0.15, -0.1) is 0 Å². The molecule has 1 N–H and O–H groups in total. The minimum atomic E-state index is 0.158. The number of nitrogens with one attached hydrogen (secondary N) is 1. The molecule has 0 radical (unpaired) electrons. The van der Waals surface area contributed by atoms with Gasteiger partial charge in [0, 0.05) is 26.2 Å². The molecular weight excluding hydrogens is 330 g/mol. The van der Waals surface area contributed by atoms with E-state index < -0.39 is 0 Å². The number of ether oxygens (including phenoxy) is 3. The molecule has 0 aromatic rings. The molecule has 0 aromatic carbocycles. The van der Waals surface area contributed by atoms with Crippen LogP contribution in [-0.4, -0.2) is 52.1 Å². The van der Waals surface area contributed by atoms with Gasteiger partial charge in [0.25, 0.3) is 0 Å². The van der Waals surface area contributed by atoms with Crippen LogP contribution in [0, 0.1) is 11.8 Å². The summed E-state index contributed by atoms with van der Waals surface area (Å²) in [5.41, 5.74) is 0. The highest BCUT2D eigenvalue weighted by molar-refractivity contribution is 5.75. The Morgan fingerprint density at radius 1 is 0.692 bits per heavy atom. The monoisotopic (exact) mass is 373 g/mol. The van der Waals surface area contributed by atoms with Gasteiger partial charge in [-0.3, -0.25) is 4.79 Å². The van der Waals surface area contributed by atoms with Crippen molar-refractivity contribution in [1.82, 2.24) is 5.32 Å². The zero-order valence-electron chi connectivity index (χ0n) is 17.7. The van der Waals surface area contributed by atoms with Gasteiger partial charge in [0.1, 0.15) is 0 Å². The summed E-state index contributed by atoms with van der Waals surface area (Å²) in [4.78, 5) is 11.6. The summed E-state index contributed by atoms with van der Waals surface area (Å²) in [6.07, 6.45) is 7.14. The average Bonchev–Trinajstić information content (AvgIpc) is 2.58. The van der Waals surface area contributed by atoms with Crippen molar-refractivity contribution >= 4 is 5.91 Å². The molecule has 0 atom stereocenters. The first-order valence-electron chi connectivity index (χ1n) is 10.5. The fraction of sp³-hybridized carbons (Fsp3) is 0.952. The first kappa shape index (κ1) is 25.4. The number of unbranched alkanes of at least 4 members (excludes halogenated alkanes) is 1. The quantitative estimate of drug-likeness (QED) is 0.345. The Bertz CT molecular complexity index is 308. The van der Waals surface area contributed by atoms with Crippen molar-refractivity contribution in [2.24, 2.45) is 11.8 Å². The SMILES string of the molecule is CC(C)CCCCC(=O)NCCCOCCOCCOCCCC(C)C.